The van der Waals surface area contributed by atoms with Crippen LogP contribution in [0, 0.1) is 0 Å². The van der Waals surface area contributed by atoms with Crippen molar-refractivity contribution in [1.29, 1.82) is 0 Å². The summed E-state index contributed by atoms with van der Waals surface area (Å²) in [4.78, 5) is 4.17. The third kappa shape index (κ3) is 3.07. The van der Waals surface area contributed by atoms with E-state index in [-0.39, 0.29) is 6.04 Å². The van der Waals surface area contributed by atoms with Crippen LogP contribution >= 0.6 is 11.6 Å². The standard InChI is InChI=1S/C18H17ClN2/c1-13(16-7-2-3-8-18(16)19)21-12-15-6-4-5-14-11-20-10-9-17(14)15/h2-11,13,21H,12H2,1H3/t13-/m1/s1. The summed E-state index contributed by atoms with van der Waals surface area (Å²) in [5.41, 5.74) is 2.40. The quantitative estimate of drug-likeness (QED) is 0.752. The maximum atomic E-state index is 6.25. The Bertz CT molecular complexity index is 750. The van der Waals surface area contributed by atoms with Gasteiger partial charge in [0.2, 0.25) is 0 Å². The molecule has 1 heterocycles. The SMILES string of the molecule is C[C@@H](NCc1cccc2cnccc12)c1ccccc1Cl. The third-order valence-corrected chi connectivity index (χ3v) is 4.09. The number of fused-ring (bicyclic) bond motifs is 1. The van der Waals surface area contributed by atoms with Gasteiger partial charge >= 0.3 is 0 Å². The molecule has 3 rings (SSSR count). The molecule has 21 heavy (non-hydrogen) atoms. The van der Waals surface area contributed by atoms with Crippen molar-refractivity contribution in [3.63, 3.8) is 0 Å². The van der Waals surface area contributed by atoms with Crippen LogP contribution in [0.25, 0.3) is 10.8 Å². The fourth-order valence-corrected chi connectivity index (χ4v) is 2.84. The van der Waals surface area contributed by atoms with Crippen LogP contribution in [0.15, 0.2) is 60.9 Å². The molecule has 1 atom stereocenters. The van der Waals surface area contributed by atoms with E-state index in [0.29, 0.717) is 0 Å². The molecule has 0 saturated heterocycles. The summed E-state index contributed by atoms with van der Waals surface area (Å²) in [7, 11) is 0. The van der Waals surface area contributed by atoms with Crippen LogP contribution in [-0.4, -0.2) is 4.98 Å². The Hall–Kier alpha value is -1.90. The molecular weight excluding hydrogens is 280 g/mol. The second-order valence-corrected chi connectivity index (χ2v) is 5.55. The smallest absolute Gasteiger partial charge is 0.0453 e. The molecule has 0 saturated carbocycles. The van der Waals surface area contributed by atoms with Gasteiger partial charge in [0, 0.05) is 35.4 Å². The summed E-state index contributed by atoms with van der Waals surface area (Å²) in [6.07, 6.45) is 3.74. The lowest BCUT2D eigenvalue weighted by molar-refractivity contribution is 0.576. The molecule has 0 aliphatic heterocycles. The van der Waals surface area contributed by atoms with Gasteiger partial charge in [0.05, 0.1) is 0 Å². The molecule has 3 aromatic rings. The van der Waals surface area contributed by atoms with Crippen molar-refractivity contribution in [3.05, 3.63) is 77.1 Å². The van der Waals surface area contributed by atoms with Crippen molar-refractivity contribution in [3.8, 4) is 0 Å². The average Bonchev–Trinajstić information content (AvgIpc) is 2.53. The summed E-state index contributed by atoms with van der Waals surface area (Å²) in [6.45, 7) is 2.93. The van der Waals surface area contributed by atoms with E-state index in [1.807, 2.05) is 30.6 Å². The first-order valence-corrected chi connectivity index (χ1v) is 7.43. The summed E-state index contributed by atoms with van der Waals surface area (Å²) < 4.78 is 0. The lowest BCUT2D eigenvalue weighted by atomic mass is 10.0. The molecule has 0 aliphatic carbocycles. The number of aromatic nitrogens is 1. The van der Waals surface area contributed by atoms with Gasteiger partial charge in [-0.2, -0.15) is 0 Å². The molecule has 1 aromatic heterocycles. The van der Waals surface area contributed by atoms with Gasteiger partial charge in [-0.25, -0.2) is 0 Å². The van der Waals surface area contributed by atoms with E-state index in [1.165, 1.54) is 16.3 Å². The normalized spacial score (nSPS) is 12.5. The van der Waals surface area contributed by atoms with Crippen LogP contribution in [0.4, 0.5) is 0 Å². The number of nitrogens with one attached hydrogen (secondary N) is 1. The Morgan fingerprint density at radius 2 is 1.95 bits per heavy atom. The number of nitrogens with zero attached hydrogens (tertiary/aromatic N) is 1. The predicted molar refractivity (Wildman–Crippen MR) is 88.4 cm³/mol. The van der Waals surface area contributed by atoms with E-state index in [4.69, 9.17) is 11.6 Å². The van der Waals surface area contributed by atoms with E-state index in [1.54, 1.807) is 0 Å². The largest absolute Gasteiger partial charge is 0.306 e. The van der Waals surface area contributed by atoms with Gasteiger partial charge < -0.3 is 5.32 Å². The third-order valence-electron chi connectivity index (χ3n) is 3.74. The topological polar surface area (TPSA) is 24.9 Å². The Morgan fingerprint density at radius 3 is 2.81 bits per heavy atom. The van der Waals surface area contributed by atoms with Crippen molar-refractivity contribution < 1.29 is 0 Å². The van der Waals surface area contributed by atoms with Gasteiger partial charge in [-0.05, 0) is 35.6 Å². The van der Waals surface area contributed by atoms with E-state index >= 15 is 0 Å². The van der Waals surface area contributed by atoms with Crippen molar-refractivity contribution >= 4 is 22.4 Å². The summed E-state index contributed by atoms with van der Waals surface area (Å²) in [5.74, 6) is 0. The number of pyridine rings is 1. The fourth-order valence-electron chi connectivity index (χ4n) is 2.54. The van der Waals surface area contributed by atoms with Crippen LogP contribution in [0.1, 0.15) is 24.1 Å². The molecule has 1 N–H and O–H groups in total. The number of benzene rings is 2. The number of hydrogen-bond acceptors (Lipinski definition) is 2. The van der Waals surface area contributed by atoms with E-state index in [9.17, 15) is 0 Å². The lowest BCUT2D eigenvalue weighted by Gasteiger charge is -2.16. The average molecular weight is 297 g/mol. The second-order valence-electron chi connectivity index (χ2n) is 5.14. The minimum Gasteiger partial charge on any atom is -0.306 e. The fraction of sp³-hybridized carbons (Fsp3) is 0.167. The number of halogens is 1. The van der Waals surface area contributed by atoms with Gasteiger partial charge in [-0.3, -0.25) is 4.98 Å². The van der Waals surface area contributed by atoms with Gasteiger partial charge in [-0.15, -0.1) is 0 Å². The highest BCUT2D eigenvalue weighted by Crippen LogP contribution is 2.23. The van der Waals surface area contributed by atoms with Gasteiger partial charge in [0.25, 0.3) is 0 Å². The van der Waals surface area contributed by atoms with Crippen LogP contribution in [0.5, 0.6) is 0 Å². The van der Waals surface area contributed by atoms with Crippen molar-refractivity contribution in [2.75, 3.05) is 0 Å². The van der Waals surface area contributed by atoms with E-state index in [2.05, 4.69) is 47.6 Å². The molecule has 2 aromatic carbocycles. The minimum atomic E-state index is 0.204. The molecule has 0 bridgehead atoms. The van der Waals surface area contributed by atoms with Crippen molar-refractivity contribution in [2.45, 2.75) is 19.5 Å². The highest BCUT2D eigenvalue weighted by atomic mass is 35.5. The first-order valence-electron chi connectivity index (χ1n) is 7.05. The maximum Gasteiger partial charge on any atom is 0.0453 e. The first kappa shape index (κ1) is 14.1. The highest BCUT2D eigenvalue weighted by molar-refractivity contribution is 6.31. The van der Waals surface area contributed by atoms with Crippen LogP contribution in [0.3, 0.4) is 0 Å². The summed E-state index contributed by atoms with van der Waals surface area (Å²) in [6, 6.07) is 16.5. The molecule has 2 nitrogen and oxygen atoms in total. The lowest BCUT2D eigenvalue weighted by Crippen LogP contribution is -2.18. The Morgan fingerprint density at radius 1 is 1.10 bits per heavy atom. The van der Waals surface area contributed by atoms with Gasteiger partial charge in [0.1, 0.15) is 0 Å². The number of rotatable bonds is 4. The minimum absolute atomic E-state index is 0.204. The van der Waals surface area contributed by atoms with Crippen molar-refractivity contribution in [1.82, 2.24) is 10.3 Å². The van der Waals surface area contributed by atoms with E-state index < -0.39 is 0 Å². The number of hydrogen-bond donors (Lipinski definition) is 1. The second kappa shape index (κ2) is 6.25. The summed E-state index contributed by atoms with van der Waals surface area (Å²) in [5, 5.41) is 6.76. The maximum absolute atomic E-state index is 6.25. The monoisotopic (exact) mass is 296 g/mol. The molecule has 0 spiro atoms. The summed E-state index contributed by atoms with van der Waals surface area (Å²) >= 11 is 6.25. The molecule has 0 radical (unpaired) electrons. The van der Waals surface area contributed by atoms with Crippen LogP contribution in [-0.2, 0) is 6.54 Å². The van der Waals surface area contributed by atoms with Crippen LogP contribution < -0.4 is 5.32 Å². The molecule has 0 unspecified atom stereocenters. The zero-order valence-corrected chi connectivity index (χ0v) is 12.6. The Kier molecular flexibility index (Phi) is 4.18. The zero-order chi connectivity index (χ0) is 14.7. The van der Waals surface area contributed by atoms with Gasteiger partial charge in [-0.1, -0.05) is 48.0 Å². The van der Waals surface area contributed by atoms with Gasteiger partial charge in [0.15, 0.2) is 0 Å². The molecule has 0 aliphatic rings. The van der Waals surface area contributed by atoms with Crippen molar-refractivity contribution in [2.24, 2.45) is 0 Å². The first-order chi connectivity index (χ1) is 10.3. The Labute approximate surface area is 129 Å². The molecule has 3 heteroatoms. The zero-order valence-electron chi connectivity index (χ0n) is 11.9. The van der Waals surface area contributed by atoms with Crippen LogP contribution in [0.2, 0.25) is 5.02 Å². The molecular formula is C18H17ClN2. The molecule has 0 amide bonds. The highest BCUT2D eigenvalue weighted by Gasteiger charge is 2.09. The van der Waals surface area contributed by atoms with E-state index in [0.717, 1.165) is 17.1 Å². The Balaban J connectivity index is 1.79. The molecule has 106 valence electrons. The molecule has 0 fully saturated rings. The predicted octanol–water partition coefficient (Wildman–Crippen LogP) is 4.74.